The van der Waals surface area contributed by atoms with Crippen molar-refractivity contribution in [2.24, 2.45) is 0 Å². The predicted octanol–water partition coefficient (Wildman–Crippen LogP) is 3.83. The van der Waals surface area contributed by atoms with Crippen LogP contribution >= 0.6 is 0 Å². The number of aromatic hydroxyl groups is 2. The molecule has 0 fully saturated rings. The zero-order chi connectivity index (χ0) is 15.3. The molecule has 0 aliphatic heterocycles. The molecule has 2 aromatic carbocycles. The summed E-state index contributed by atoms with van der Waals surface area (Å²) in [6, 6.07) is 14.6. The molecule has 3 nitrogen and oxygen atoms in total. The van der Waals surface area contributed by atoms with Crippen LogP contribution in [0.25, 0.3) is 0 Å². The Kier molecular flexibility index (Phi) is 4.86. The minimum Gasteiger partial charge on any atom is -0.508 e. The van der Waals surface area contributed by atoms with Gasteiger partial charge in [0.25, 0.3) is 0 Å². The Balaban J connectivity index is 2.37. The second-order valence-corrected chi connectivity index (χ2v) is 5.37. The molecule has 0 saturated carbocycles. The van der Waals surface area contributed by atoms with E-state index in [2.05, 4.69) is 6.92 Å². The maximum absolute atomic E-state index is 9.49. The number of hydrogen-bond acceptors (Lipinski definition) is 3. The maximum atomic E-state index is 9.49. The highest BCUT2D eigenvalue weighted by atomic mass is 16.5. The molecule has 3 heteroatoms. The van der Waals surface area contributed by atoms with Crippen LogP contribution in [0.5, 0.6) is 11.5 Å². The van der Waals surface area contributed by atoms with Crippen molar-refractivity contribution in [3.63, 3.8) is 0 Å². The van der Waals surface area contributed by atoms with Crippen LogP contribution in [0, 0.1) is 0 Å². The quantitative estimate of drug-likeness (QED) is 0.793. The zero-order valence-corrected chi connectivity index (χ0v) is 12.5. The van der Waals surface area contributed by atoms with Gasteiger partial charge in [0.2, 0.25) is 0 Å². The summed E-state index contributed by atoms with van der Waals surface area (Å²) in [6.45, 7) is 5.50. The van der Waals surface area contributed by atoms with E-state index in [-0.39, 0.29) is 16.9 Å². The number of ether oxygens (including phenoxy) is 1. The average Bonchev–Trinajstić information content (AvgIpc) is 2.48. The van der Waals surface area contributed by atoms with Gasteiger partial charge in [0, 0.05) is 18.6 Å². The summed E-state index contributed by atoms with van der Waals surface area (Å²) in [6.07, 6.45) is 0.830. The summed E-state index contributed by atoms with van der Waals surface area (Å²) in [5.74, 6) is 0.522. The average molecular weight is 286 g/mol. The van der Waals surface area contributed by atoms with E-state index >= 15 is 0 Å². The van der Waals surface area contributed by atoms with Crippen LogP contribution in [-0.4, -0.2) is 23.4 Å². The Morgan fingerprint density at radius 3 is 1.67 bits per heavy atom. The van der Waals surface area contributed by atoms with E-state index in [1.807, 2.05) is 31.2 Å². The molecule has 0 bridgehead atoms. The minimum absolute atomic E-state index is 0.226. The van der Waals surface area contributed by atoms with E-state index in [4.69, 9.17) is 4.74 Å². The van der Waals surface area contributed by atoms with Crippen molar-refractivity contribution in [1.82, 2.24) is 0 Å². The summed E-state index contributed by atoms with van der Waals surface area (Å²) >= 11 is 0. The fourth-order valence-corrected chi connectivity index (χ4v) is 2.53. The van der Waals surface area contributed by atoms with Gasteiger partial charge in [-0.3, -0.25) is 0 Å². The molecule has 0 aliphatic carbocycles. The normalized spacial score (nSPS) is 11.5. The second-order valence-electron chi connectivity index (χ2n) is 5.37. The fourth-order valence-electron chi connectivity index (χ4n) is 2.53. The first-order chi connectivity index (χ1) is 10.1. The summed E-state index contributed by atoms with van der Waals surface area (Å²) in [4.78, 5) is 0. The lowest BCUT2D eigenvalue weighted by atomic mass is 9.74. The van der Waals surface area contributed by atoms with E-state index < -0.39 is 0 Å². The van der Waals surface area contributed by atoms with Crippen molar-refractivity contribution in [3.8, 4) is 11.5 Å². The molecule has 0 amide bonds. The molecule has 0 aliphatic rings. The monoisotopic (exact) mass is 286 g/mol. The minimum atomic E-state index is -0.226. The first-order valence-electron chi connectivity index (χ1n) is 7.23. The SMILES string of the molecule is CCOCCC(C)(c1ccc(O)cc1)c1ccc(O)cc1. The third-order valence-electron chi connectivity index (χ3n) is 3.96. The molecule has 21 heavy (non-hydrogen) atoms. The van der Waals surface area contributed by atoms with E-state index in [9.17, 15) is 10.2 Å². The Labute approximate surface area is 125 Å². The highest BCUT2D eigenvalue weighted by molar-refractivity contribution is 5.42. The molecule has 0 saturated heterocycles. The van der Waals surface area contributed by atoms with Crippen molar-refractivity contribution in [1.29, 1.82) is 0 Å². The van der Waals surface area contributed by atoms with Gasteiger partial charge in [0.15, 0.2) is 0 Å². The first-order valence-corrected chi connectivity index (χ1v) is 7.23. The van der Waals surface area contributed by atoms with Gasteiger partial charge in [-0.05, 0) is 48.7 Å². The van der Waals surface area contributed by atoms with Gasteiger partial charge in [-0.2, -0.15) is 0 Å². The van der Waals surface area contributed by atoms with Crippen molar-refractivity contribution in [2.75, 3.05) is 13.2 Å². The van der Waals surface area contributed by atoms with Gasteiger partial charge >= 0.3 is 0 Å². The molecule has 0 atom stereocenters. The van der Waals surface area contributed by atoms with Gasteiger partial charge in [0.1, 0.15) is 11.5 Å². The Morgan fingerprint density at radius 1 is 0.857 bits per heavy atom. The van der Waals surface area contributed by atoms with Crippen molar-refractivity contribution < 1.29 is 14.9 Å². The molecule has 0 unspecified atom stereocenters. The molecule has 2 N–H and O–H groups in total. The fraction of sp³-hybridized carbons (Fsp3) is 0.333. The summed E-state index contributed by atoms with van der Waals surface area (Å²) < 4.78 is 5.52. The molecular weight excluding hydrogens is 264 g/mol. The smallest absolute Gasteiger partial charge is 0.115 e. The number of phenolic OH excluding ortho intramolecular Hbond substituents is 2. The van der Waals surface area contributed by atoms with Gasteiger partial charge in [0.05, 0.1) is 0 Å². The van der Waals surface area contributed by atoms with Crippen molar-refractivity contribution >= 4 is 0 Å². The Morgan fingerprint density at radius 2 is 1.29 bits per heavy atom. The Hall–Kier alpha value is -2.00. The van der Waals surface area contributed by atoms with Crippen LogP contribution in [0.4, 0.5) is 0 Å². The topological polar surface area (TPSA) is 49.7 Å². The molecule has 0 aromatic heterocycles. The number of hydrogen-bond donors (Lipinski definition) is 2. The van der Waals surface area contributed by atoms with Crippen LogP contribution in [0.2, 0.25) is 0 Å². The molecule has 112 valence electrons. The molecule has 2 rings (SSSR count). The third kappa shape index (κ3) is 3.56. The molecule has 2 aromatic rings. The third-order valence-corrected chi connectivity index (χ3v) is 3.96. The summed E-state index contributed by atoms with van der Waals surface area (Å²) in [7, 11) is 0. The van der Waals surface area contributed by atoms with Crippen LogP contribution in [0.3, 0.4) is 0 Å². The number of rotatable bonds is 6. The van der Waals surface area contributed by atoms with Gasteiger partial charge in [-0.15, -0.1) is 0 Å². The molecule has 0 radical (unpaired) electrons. The van der Waals surface area contributed by atoms with Crippen LogP contribution in [0.15, 0.2) is 48.5 Å². The Bertz CT molecular complexity index is 513. The van der Waals surface area contributed by atoms with Crippen molar-refractivity contribution in [2.45, 2.75) is 25.7 Å². The first kappa shape index (κ1) is 15.4. The van der Waals surface area contributed by atoms with Gasteiger partial charge < -0.3 is 14.9 Å². The highest BCUT2D eigenvalue weighted by Gasteiger charge is 2.28. The maximum Gasteiger partial charge on any atom is 0.115 e. The molecule has 0 spiro atoms. The lowest BCUT2D eigenvalue weighted by Gasteiger charge is -2.31. The second kappa shape index (κ2) is 6.64. The van der Waals surface area contributed by atoms with Crippen LogP contribution in [-0.2, 0) is 10.2 Å². The van der Waals surface area contributed by atoms with E-state index in [0.29, 0.717) is 13.2 Å². The van der Waals surface area contributed by atoms with Gasteiger partial charge in [-0.1, -0.05) is 31.2 Å². The number of benzene rings is 2. The predicted molar refractivity (Wildman–Crippen MR) is 83.8 cm³/mol. The number of phenols is 2. The van der Waals surface area contributed by atoms with Crippen LogP contribution < -0.4 is 0 Å². The molecular formula is C18H22O3. The van der Waals surface area contributed by atoms with Crippen molar-refractivity contribution in [3.05, 3.63) is 59.7 Å². The molecule has 0 heterocycles. The highest BCUT2D eigenvalue weighted by Crippen LogP contribution is 2.36. The van der Waals surface area contributed by atoms with Crippen LogP contribution in [0.1, 0.15) is 31.4 Å². The van der Waals surface area contributed by atoms with E-state index in [1.54, 1.807) is 24.3 Å². The van der Waals surface area contributed by atoms with E-state index in [0.717, 1.165) is 17.5 Å². The lowest BCUT2D eigenvalue weighted by Crippen LogP contribution is -2.25. The largest absolute Gasteiger partial charge is 0.508 e. The lowest BCUT2D eigenvalue weighted by molar-refractivity contribution is 0.133. The van der Waals surface area contributed by atoms with Gasteiger partial charge in [-0.25, -0.2) is 0 Å². The standard InChI is InChI=1S/C18H22O3/c1-3-21-13-12-18(2,14-4-8-16(19)9-5-14)15-6-10-17(20)11-7-15/h4-11,19-20H,3,12-13H2,1-2H3. The summed E-state index contributed by atoms with van der Waals surface area (Å²) in [5, 5.41) is 19.0. The van der Waals surface area contributed by atoms with E-state index in [1.165, 1.54) is 0 Å². The zero-order valence-electron chi connectivity index (χ0n) is 12.5. The summed E-state index contributed by atoms with van der Waals surface area (Å²) in [5.41, 5.74) is 2.01.